The van der Waals surface area contributed by atoms with Crippen LogP contribution in [0.3, 0.4) is 0 Å². The maximum atomic E-state index is 13.3. The number of likely N-dealkylation sites (tertiary alicyclic amines) is 1. The molecule has 2 atom stereocenters. The van der Waals surface area contributed by atoms with Crippen molar-refractivity contribution >= 4 is 35.2 Å². The Morgan fingerprint density at radius 1 is 1.00 bits per heavy atom. The van der Waals surface area contributed by atoms with Crippen molar-refractivity contribution in [3.05, 3.63) is 75.3 Å². The number of carbonyl (C=O) groups is 1. The van der Waals surface area contributed by atoms with Crippen LogP contribution in [0.15, 0.2) is 42.5 Å². The van der Waals surface area contributed by atoms with Crippen molar-refractivity contribution in [2.24, 2.45) is 5.92 Å². The highest BCUT2D eigenvalue weighted by Gasteiger charge is 2.29. The zero-order chi connectivity index (χ0) is 23.4. The third-order valence-corrected chi connectivity index (χ3v) is 7.46. The van der Waals surface area contributed by atoms with Gasteiger partial charge >= 0.3 is 0 Å². The molecule has 4 rings (SSSR count). The summed E-state index contributed by atoms with van der Waals surface area (Å²) in [4.78, 5) is 14.8. The summed E-state index contributed by atoms with van der Waals surface area (Å²) < 4.78 is 26.5. The lowest BCUT2D eigenvalue weighted by molar-refractivity contribution is -0.117. The van der Waals surface area contributed by atoms with E-state index in [1.54, 1.807) is 0 Å². The molecule has 1 amide bonds. The van der Waals surface area contributed by atoms with Gasteiger partial charge in [0.1, 0.15) is 11.6 Å². The number of hydrogen-bond donors (Lipinski definition) is 1. The molecule has 1 heterocycles. The molecule has 1 saturated carbocycles. The molecule has 3 nitrogen and oxygen atoms in total. The first-order chi connectivity index (χ1) is 15.9. The summed E-state index contributed by atoms with van der Waals surface area (Å²) in [6.07, 6.45) is 8.00. The second kappa shape index (κ2) is 11.0. The molecule has 0 bridgehead atoms. The summed E-state index contributed by atoms with van der Waals surface area (Å²) in [7, 11) is 0. The van der Waals surface area contributed by atoms with Crippen LogP contribution in [0.5, 0.6) is 0 Å². The fraction of sp³-hybridized carbons (Fsp3) is 0.423. The van der Waals surface area contributed by atoms with Crippen molar-refractivity contribution < 1.29 is 13.6 Å². The van der Waals surface area contributed by atoms with Gasteiger partial charge in [0, 0.05) is 24.7 Å². The molecule has 0 radical (unpaired) electrons. The molecular formula is C26H28Cl2F2N2O. The van der Waals surface area contributed by atoms with Gasteiger partial charge in [-0.2, -0.15) is 0 Å². The van der Waals surface area contributed by atoms with Gasteiger partial charge in [0.2, 0.25) is 5.91 Å². The first-order valence-corrected chi connectivity index (χ1v) is 12.2. The smallest absolute Gasteiger partial charge is 0.244 e. The lowest BCUT2D eigenvalue weighted by Crippen LogP contribution is -2.37. The van der Waals surface area contributed by atoms with E-state index < -0.39 is 11.6 Å². The minimum Gasteiger partial charge on any atom is -0.350 e. The highest BCUT2D eigenvalue weighted by atomic mass is 35.5. The van der Waals surface area contributed by atoms with E-state index in [1.165, 1.54) is 29.8 Å². The minimum absolute atomic E-state index is 0.144. The van der Waals surface area contributed by atoms with Gasteiger partial charge in [-0.05, 0) is 98.5 Å². The fourth-order valence-electron chi connectivity index (χ4n) is 5.04. The Kier molecular flexibility index (Phi) is 8.05. The van der Waals surface area contributed by atoms with Crippen molar-refractivity contribution in [3.63, 3.8) is 0 Å². The molecule has 2 aromatic rings. The van der Waals surface area contributed by atoms with Gasteiger partial charge < -0.3 is 10.2 Å². The van der Waals surface area contributed by atoms with E-state index >= 15 is 0 Å². The number of hydrogen-bond acceptors (Lipinski definition) is 2. The van der Waals surface area contributed by atoms with Crippen molar-refractivity contribution in [1.82, 2.24) is 10.2 Å². The monoisotopic (exact) mass is 492 g/mol. The van der Waals surface area contributed by atoms with Crippen LogP contribution in [0.4, 0.5) is 8.78 Å². The van der Waals surface area contributed by atoms with Crippen LogP contribution in [0.1, 0.15) is 49.1 Å². The number of nitrogens with one attached hydrogen (secondary N) is 1. The molecule has 2 aliphatic rings. The van der Waals surface area contributed by atoms with Crippen LogP contribution in [0.2, 0.25) is 10.0 Å². The predicted octanol–water partition coefficient (Wildman–Crippen LogP) is 6.45. The number of halogens is 4. The fourth-order valence-corrected chi connectivity index (χ4v) is 5.35. The zero-order valence-electron chi connectivity index (χ0n) is 18.4. The number of benzene rings is 2. The quantitative estimate of drug-likeness (QED) is 0.469. The second-order valence-electron chi connectivity index (χ2n) is 9.17. The van der Waals surface area contributed by atoms with E-state index in [-0.39, 0.29) is 11.9 Å². The van der Waals surface area contributed by atoms with E-state index in [4.69, 9.17) is 23.2 Å². The molecule has 0 unspecified atom stereocenters. The third-order valence-electron chi connectivity index (χ3n) is 6.72. The van der Waals surface area contributed by atoms with Crippen molar-refractivity contribution in [1.29, 1.82) is 0 Å². The van der Waals surface area contributed by atoms with E-state index in [1.807, 2.05) is 12.1 Å². The Hall–Kier alpha value is -1.95. The number of piperidine rings is 1. The van der Waals surface area contributed by atoms with Gasteiger partial charge in [-0.3, -0.25) is 4.79 Å². The Bertz CT molecular complexity index is 1000. The van der Waals surface area contributed by atoms with Crippen LogP contribution in [0, 0.1) is 17.6 Å². The summed E-state index contributed by atoms with van der Waals surface area (Å²) in [5.74, 6) is -0.458. The SMILES string of the molecule is O=C(/C=C/c1cc(F)cc(F)c1)N[C@H]1CC[C@@H](CN2CCC(c3ccc(Cl)c(Cl)c3)CC2)C1. The lowest BCUT2D eigenvalue weighted by atomic mass is 9.89. The van der Waals surface area contributed by atoms with Crippen LogP contribution in [0.25, 0.3) is 6.08 Å². The van der Waals surface area contributed by atoms with Gasteiger partial charge in [0.15, 0.2) is 0 Å². The third kappa shape index (κ3) is 6.78. The standard InChI is InChI=1S/C26H28Cl2F2N2O/c27-24-5-3-20(14-25(24)28)19-7-9-32(10-8-19)16-18-1-4-23(13-18)31-26(33)6-2-17-11-21(29)15-22(30)12-17/h2-3,5-6,11-12,14-15,18-19,23H,1,4,7-10,13,16H2,(H,31,33)/b6-2+/t18-,23+/m1/s1. The molecule has 33 heavy (non-hydrogen) atoms. The van der Waals surface area contributed by atoms with Crippen LogP contribution in [-0.2, 0) is 4.79 Å². The van der Waals surface area contributed by atoms with Gasteiger partial charge in [-0.25, -0.2) is 8.78 Å². The van der Waals surface area contributed by atoms with Crippen LogP contribution in [-0.4, -0.2) is 36.5 Å². The Morgan fingerprint density at radius 2 is 1.73 bits per heavy atom. The Balaban J connectivity index is 1.20. The van der Waals surface area contributed by atoms with E-state index in [0.717, 1.165) is 57.8 Å². The summed E-state index contributed by atoms with van der Waals surface area (Å²) in [6.45, 7) is 3.18. The summed E-state index contributed by atoms with van der Waals surface area (Å²) in [5, 5.41) is 4.24. The first-order valence-electron chi connectivity index (χ1n) is 11.5. The molecule has 0 spiro atoms. The minimum atomic E-state index is -0.658. The number of amides is 1. The van der Waals surface area contributed by atoms with Crippen molar-refractivity contribution in [3.8, 4) is 0 Å². The Morgan fingerprint density at radius 3 is 2.42 bits per heavy atom. The maximum absolute atomic E-state index is 13.3. The first kappa shape index (κ1) is 24.2. The summed E-state index contributed by atoms with van der Waals surface area (Å²) in [6, 6.07) is 9.30. The van der Waals surface area contributed by atoms with Crippen LogP contribution >= 0.6 is 23.2 Å². The average molecular weight is 493 g/mol. The molecule has 1 saturated heterocycles. The molecule has 0 aromatic heterocycles. The largest absolute Gasteiger partial charge is 0.350 e. The number of nitrogens with zero attached hydrogens (tertiary/aromatic N) is 1. The molecule has 7 heteroatoms. The van der Waals surface area contributed by atoms with E-state index in [2.05, 4.69) is 16.3 Å². The summed E-state index contributed by atoms with van der Waals surface area (Å²) in [5.41, 5.74) is 1.60. The molecule has 1 N–H and O–H groups in total. The second-order valence-corrected chi connectivity index (χ2v) is 9.98. The van der Waals surface area contributed by atoms with Crippen molar-refractivity contribution in [2.75, 3.05) is 19.6 Å². The maximum Gasteiger partial charge on any atom is 0.244 e. The molecule has 176 valence electrons. The van der Waals surface area contributed by atoms with Gasteiger partial charge in [-0.15, -0.1) is 0 Å². The van der Waals surface area contributed by atoms with Gasteiger partial charge in [-0.1, -0.05) is 29.3 Å². The normalized spacial score (nSPS) is 22.2. The van der Waals surface area contributed by atoms with Gasteiger partial charge in [0.05, 0.1) is 10.0 Å². The molecular weight excluding hydrogens is 465 g/mol. The predicted molar refractivity (Wildman–Crippen MR) is 130 cm³/mol. The molecule has 1 aliphatic heterocycles. The lowest BCUT2D eigenvalue weighted by Gasteiger charge is -2.34. The van der Waals surface area contributed by atoms with Crippen molar-refractivity contribution in [2.45, 2.75) is 44.1 Å². The van der Waals surface area contributed by atoms with Crippen LogP contribution < -0.4 is 5.32 Å². The molecule has 1 aliphatic carbocycles. The number of rotatable bonds is 6. The topological polar surface area (TPSA) is 32.3 Å². The summed E-state index contributed by atoms with van der Waals surface area (Å²) >= 11 is 12.2. The average Bonchev–Trinajstić information content (AvgIpc) is 3.21. The Labute approximate surface area is 203 Å². The van der Waals surface area contributed by atoms with E-state index in [0.29, 0.717) is 27.4 Å². The number of carbonyl (C=O) groups excluding carboxylic acids is 1. The highest BCUT2D eigenvalue weighted by molar-refractivity contribution is 6.42. The highest BCUT2D eigenvalue weighted by Crippen LogP contribution is 2.34. The van der Waals surface area contributed by atoms with Gasteiger partial charge in [0.25, 0.3) is 0 Å². The molecule has 2 aromatic carbocycles. The zero-order valence-corrected chi connectivity index (χ0v) is 19.9. The molecule has 2 fully saturated rings. The van der Waals surface area contributed by atoms with E-state index in [9.17, 15) is 13.6 Å².